The van der Waals surface area contributed by atoms with Crippen LogP contribution in [0.5, 0.6) is 0 Å². The molecule has 2 aliphatic rings. The summed E-state index contributed by atoms with van der Waals surface area (Å²) in [5, 5.41) is 0. The normalized spacial score (nSPS) is 20.2. The molecule has 2 saturated carbocycles. The van der Waals surface area contributed by atoms with E-state index >= 15 is 0 Å². The van der Waals surface area contributed by atoms with Crippen LogP contribution in [0.1, 0.15) is 55.1 Å². The van der Waals surface area contributed by atoms with E-state index in [1.54, 1.807) is 4.57 Å². The number of hydrogen-bond acceptors (Lipinski definition) is 4. The second-order valence-corrected chi connectivity index (χ2v) is 8.02. The summed E-state index contributed by atoms with van der Waals surface area (Å²) in [7, 11) is 1.53. The van der Waals surface area contributed by atoms with Crippen molar-refractivity contribution in [2.45, 2.75) is 55.6 Å². The molecule has 5 nitrogen and oxygen atoms in total. The van der Waals surface area contributed by atoms with E-state index < -0.39 is 15.0 Å². The molecule has 0 atom stereocenters. The van der Waals surface area contributed by atoms with E-state index in [1.807, 2.05) is 0 Å². The molecule has 0 radical (unpaired) electrons. The molecule has 0 aliphatic heterocycles. The fraction of sp³-hybridized carbons (Fsp3) is 0.615. The van der Waals surface area contributed by atoms with E-state index in [4.69, 9.17) is 15.4 Å². The lowest BCUT2D eigenvalue weighted by Crippen LogP contribution is -2.27. The van der Waals surface area contributed by atoms with Crippen LogP contribution in [0.2, 0.25) is 0 Å². The third-order valence-electron chi connectivity index (χ3n) is 4.11. The Hall–Kier alpha value is -1.01. The van der Waals surface area contributed by atoms with Gasteiger partial charge < -0.3 is 9.30 Å². The van der Waals surface area contributed by atoms with Gasteiger partial charge in [0.15, 0.2) is 0 Å². The minimum atomic E-state index is -3.83. The number of carbonyl (C=O) groups is 1. The lowest BCUT2D eigenvalue weighted by molar-refractivity contribution is 0.00741. The monoisotopic (exact) mass is 317 g/mol. The van der Waals surface area contributed by atoms with Crippen molar-refractivity contribution < 1.29 is 17.9 Å². The average Bonchev–Trinajstić information content (AvgIpc) is 2.65. The third kappa shape index (κ3) is 2.59. The first-order valence-corrected chi connectivity index (χ1v) is 9.13. The van der Waals surface area contributed by atoms with Crippen LogP contribution in [0.15, 0.2) is 17.2 Å². The van der Waals surface area contributed by atoms with Gasteiger partial charge in [-0.25, -0.2) is 13.2 Å². The van der Waals surface area contributed by atoms with Crippen LogP contribution < -0.4 is 0 Å². The Bertz CT molecular complexity index is 629. The highest BCUT2D eigenvalue weighted by atomic mass is 35.7. The molecule has 1 aromatic heterocycles. The Morgan fingerprint density at radius 3 is 2.35 bits per heavy atom. The molecular weight excluding hydrogens is 302 g/mol. The smallest absolute Gasteiger partial charge is 0.355 e. The average molecular weight is 318 g/mol. The Morgan fingerprint density at radius 2 is 1.90 bits per heavy atom. The van der Waals surface area contributed by atoms with Gasteiger partial charge in [-0.2, -0.15) is 0 Å². The quantitative estimate of drug-likeness (QED) is 0.632. The first kappa shape index (κ1) is 13.9. The molecule has 0 N–H and O–H groups in total. The highest BCUT2D eigenvalue weighted by Gasteiger charge is 2.30. The second-order valence-electron chi connectivity index (χ2n) is 5.45. The molecule has 2 aliphatic carbocycles. The molecule has 0 spiro atoms. The maximum Gasteiger partial charge on any atom is 0.355 e. The van der Waals surface area contributed by atoms with Gasteiger partial charge in [-0.15, -0.1) is 0 Å². The minimum Gasteiger partial charge on any atom is -0.458 e. The fourth-order valence-electron chi connectivity index (χ4n) is 2.42. The minimum absolute atomic E-state index is 0.0247. The number of hydrogen-bond donors (Lipinski definition) is 0. The first-order valence-electron chi connectivity index (χ1n) is 6.82. The Morgan fingerprint density at radius 1 is 1.25 bits per heavy atom. The van der Waals surface area contributed by atoms with Crippen molar-refractivity contribution in [2.24, 2.45) is 0 Å². The van der Waals surface area contributed by atoms with Crippen molar-refractivity contribution in [1.82, 2.24) is 4.57 Å². The van der Waals surface area contributed by atoms with Crippen LogP contribution >= 0.6 is 10.7 Å². The van der Waals surface area contributed by atoms with Crippen molar-refractivity contribution in [3.8, 4) is 0 Å². The molecule has 20 heavy (non-hydrogen) atoms. The van der Waals surface area contributed by atoms with Crippen molar-refractivity contribution in [2.75, 3.05) is 0 Å². The zero-order valence-electron chi connectivity index (χ0n) is 10.9. The van der Waals surface area contributed by atoms with Crippen molar-refractivity contribution in [1.29, 1.82) is 0 Å². The Labute approximate surface area is 122 Å². The maximum absolute atomic E-state index is 12.2. The summed E-state index contributed by atoms with van der Waals surface area (Å²) in [6.07, 6.45) is 7.24. The van der Waals surface area contributed by atoms with Gasteiger partial charge in [-0.1, -0.05) is 0 Å². The Kier molecular flexibility index (Phi) is 3.54. The highest BCUT2D eigenvalue weighted by Crippen LogP contribution is 2.35. The third-order valence-corrected chi connectivity index (χ3v) is 5.43. The number of aromatic nitrogens is 1. The SMILES string of the molecule is O=C(OC1CCC1)c1cc(S(=O)(=O)Cl)cn1C1CCC1. The molecule has 0 saturated heterocycles. The molecule has 1 heterocycles. The summed E-state index contributed by atoms with van der Waals surface area (Å²) in [4.78, 5) is 12.1. The molecular formula is C13H16ClNO4S. The molecule has 0 unspecified atom stereocenters. The lowest BCUT2D eigenvalue weighted by Gasteiger charge is -2.30. The molecule has 0 bridgehead atoms. The number of carbonyl (C=O) groups excluding carboxylic acids is 1. The van der Waals surface area contributed by atoms with Gasteiger partial charge >= 0.3 is 5.97 Å². The zero-order chi connectivity index (χ0) is 14.3. The molecule has 0 aromatic carbocycles. The molecule has 2 fully saturated rings. The van der Waals surface area contributed by atoms with Crippen LogP contribution in [-0.4, -0.2) is 25.1 Å². The summed E-state index contributed by atoms with van der Waals surface area (Å²) < 4.78 is 29.9. The van der Waals surface area contributed by atoms with Crippen LogP contribution in [0.4, 0.5) is 0 Å². The van der Waals surface area contributed by atoms with Crippen molar-refractivity contribution in [3.05, 3.63) is 18.0 Å². The standard InChI is InChI=1S/C13H16ClNO4S/c14-20(17,18)11-7-12(13(16)19-10-5-2-6-10)15(8-11)9-3-1-4-9/h7-10H,1-6H2. The number of ether oxygens (including phenoxy) is 1. The molecule has 110 valence electrons. The summed E-state index contributed by atoms with van der Waals surface area (Å²) >= 11 is 0. The summed E-state index contributed by atoms with van der Waals surface area (Å²) in [5.41, 5.74) is 0.292. The van der Waals surface area contributed by atoms with Gasteiger partial charge in [-0.05, 0) is 44.6 Å². The maximum atomic E-state index is 12.2. The largest absolute Gasteiger partial charge is 0.458 e. The van der Waals surface area contributed by atoms with Gasteiger partial charge in [0.1, 0.15) is 16.7 Å². The predicted octanol–water partition coefficient (Wildman–Crippen LogP) is 2.85. The molecule has 0 amide bonds. The van der Waals surface area contributed by atoms with Crippen LogP contribution in [0, 0.1) is 0 Å². The van der Waals surface area contributed by atoms with E-state index in [2.05, 4.69) is 0 Å². The Balaban J connectivity index is 1.90. The first-order chi connectivity index (χ1) is 9.45. The van der Waals surface area contributed by atoms with Gasteiger partial charge in [0, 0.05) is 22.9 Å². The van der Waals surface area contributed by atoms with Gasteiger partial charge in [-0.3, -0.25) is 0 Å². The summed E-state index contributed by atoms with van der Waals surface area (Å²) in [5.74, 6) is -0.451. The van der Waals surface area contributed by atoms with Crippen LogP contribution in [-0.2, 0) is 13.8 Å². The van der Waals surface area contributed by atoms with E-state index in [0.717, 1.165) is 38.5 Å². The topological polar surface area (TPSA) is 65.4 Å². The van der Waals surface area contributed by atoms with E-state index in [-0.39, 0.29) is 17.0 Å². The number of nitrogens with zero attached hydrogens (tertiary/aromatic N) is 1. The van der Waals surface area contributed by atoms with Crippen molar-refractivity contribution >= 4 is 25.7 Å². The van der Waals surface area contributed by atoms with Crippen molar-refractivity contribution in [3.63, 3.8) is 0 Å². The predicted molar refractivity (Wildman–Crippen MR) is 73.4 cm³/mol. The fourth-order valence-corrected chi connectivity index (χ4v) is 3.16. The van der Waals surface area contributed by atoms with E-state index in [0.29, 0.717) is 5.69 Å². The van der Waals surface area contributed by atoms with Crippen LogP contribution in [0.3, 0.4) is 0 Å². The number of rotatable bonds is 4. The van der Waals surface area contributed by atoms with Gasteiger partial charge in [0.2, 0.25) is 0 Å². The summed E-state index contributed by atoms with van der Waals surface area (Å²) in [6, 6.07) is 1.49. The van der Waals surface area contributed by atoms with E-state index in [1.165, 1.54) is 12.3 Å². The number of esters is 1. The van der Waals surface area contributed by atoms with Crippen LogP contribution in [0.25, 0.3) is 0 Å². The zero-order valence-corrected chi connectivity index (χ0v) is 12.5. The lowest BCUT2D eigenvalue weighted by atomic mass is 9.93. The van der Waals surface area contributed by atoms with E-state index in [9.17, 15) is 13.2 Å². The molecule has 1 aromatic rings. The van der Waals surface area contributed by atoms with Gasteiger partial charge in [0.05, 0.1) is 0 Å². The summed E-state index contributed by atoms with van der Waals surface area (Å²) in [6.45, 7) is 0. The molecule has 7 heteroatoms. The van der Waals surface area contributed by atoms with Gasteiger partial charge in [0.25, 0.3) is 9.05 Å². The second kappa shape index (κ2) is 5.07. The number of halogens is 1. The molecule has 3 rings (SSSR count). The highest BCUT2D eigenvalue weighted by molar-refractivity contribution is 8.13.